The summed E-state index contributed by atoms with van der Waals surface area (Å²) in [7, 11) is 9.86. The number of rotatable bonds is 7. The normalized spacial score (nSPS) is 28.3. The first-order chi connectivity index (χ1) is 20.9. The van der Waals surface area contributed by atoms with Gasteiger partial charge in [-0.25, -0.2) is 0 Å². The third-order valence-corrected chi connectivity index (χ3v) is 8.92. The second kappa shape index (κ2) is 17.7. The summed E-state index contributed by atoms with van der Waals surface area (Å²) in [6, 6.07) is -0.541. The smallest absolute Gasteiger partial charge is 1.00 e. The molecule has 2 N–H and O–H groups in total. The molecule has 4 rings (SSSR count). The molecule has 4 aliphatic rings. The second-order valence-corrected chi connectivity index (χ2v) is 12.6. The molecule has 4 saturated heterocycles. The standard InChI is InChI=1S/C13H22N2O4.C11H18N2O3.C6H10N2O2.B.Na.H/c1-6-19-9(16)7-13(14-4)11(17)10(8(2)3)15(5)12(13)18;1-6(2)8-9-11(12-3,5-7(14)16-9)10(15)13(8)4;1-7-3-6(10)8(2)4-5(7)9;;;/h8,10,14H,6-7H2,1-5H3;6,8-9,12H,5H2,1-4H3;3-4H2,1-2H3;;;/q;;;;+1;-1/t10-,13-;8-,9?,11-;;;;/m11..../s1. The minimum atomic E-state index is -1.48. The van der Waals surface area contributed by atoms with Crippen LogP contribution in [0.15, 0.2) is 0 Å². The Hall–Kier alpha value is -2.53. The van der Waals surface area contributed by atoms with Crippen molar-refractivity contribution in [3.8, 4) is 0 Å². The average Bonchev–Trinajstić information content (AvgIpc) is 3.46. The molecule has 4 aliphatic heterocycles. The van der Waals surface area contributed by atoms with Gasteiger partial charge in [-0.3, -0.25) is 38.9 Å². The van der Waals surface area contributed by atoms with Crippen LogP contribution in [0.4, 0.5) is 0 Å². The number of likely N-dealkylation sites (tertiary alicyclic amines) is 2. The molecule has 0 aliphatic carbocycles. The van der Waals surface area contributed by atoms with Crippen molar-refractivity contribution in [3.05, 3.63) is 0 Å². The predicted molar refractivity (Wildman–Crippen MR) is 169 cm³/mol. The van der Waals surface area contributed by atoms with Gasteiger partial charge in [0.25, 0.3) is 5.91 Å². The zero-order valence-corrected chi connectivity index (χ0v) is 32.0. The molecule has 5 atom stereocenters. The largest absolute Gasteiger partial charge is 1.00 e. The quantitative estimate of drug-likeness (QED) is 0.151. The number of hydrogen-bond donors (Lipinski definition) is 2. The fourth-order valence-electron chi connectivity index (χ4n) is 6.40. The maximum atomic E-state index is 12.5. The molecule has 0 aromatic rings. The van der Waals surface area contributed by atoms with Crippen LogP contribution in [-0.4, -0.2) is 161 Å². The number of nitrogens with zero attached hydrogens (tertiary/aromatic N) is 4. The molecular formula is C30H51BN6NaO9. The van der Waals surface area contributed by atoms with E-state index in [1.165, 1.54) is 21.7 Å². The second-order valence-electron chi connectivity index (χ2n) is 12.6. The van der Waals surface area contributed by atoms with Gasteiger partial charge in [0, 0.05) is 36.6 Å². The first-order valence-corrected chi connectivity index (χ1v) is 15.2. The molecule has 17 heteroatoms. The van der Waals surface area contributed by atoms with Crippen molar-refractivity contribution in [2.45, 2.75) is 76.7 Å². The number of hydrogen-bond acceptors (Lipinski definition) is 11. The fourth-order valence-corrected chi connectivity index (χ4v) is 6.40. The summed E-state index contributed by atoms with van der Waals surface area (Å²) in [5, 5.41) is 5.74. The summed E-state index contributed by atoms with van der Waals surface area (Å²) < 4.78 is 10.2. The molecule has 0 spiro atoms. The van der Waals surface area contributed by atoms with E-state index in [1.54, 1.807) is 47.1 Å². The molecule has 0 aromatic heterocycles. The Bertz CT molecular complexity index is 1190. The van der Waals surface area contributed by atoms with Gasteiger partial charge >= 0.3 is 41.5 Å². The van der Waals surface area contributed by atoms with Crippen molar-refractivity contribution in [1.82, 2.24) is 30.2 Å². The van der Waals surface area contributed by atoms with Crippen molar-refractivity contribution >= 4 is 49.8 Å². The third kappa shape index (κ3) is 8.75. The number of ether oxygens (including phenoxy) is 2. The number of carbonyl (C=O) groups excluding carboxylic acids is 7. The SMILES string of the molecule is CCOC(=O)C[C@@]1(NC)C(=O)[C@@H](C(C)C)N(C)C1=O.CN1CC(=O)N(C)CC1=O.CN[C@]12CC(=O)OC1[C@@H](C(C)C)N(C)C2=O.[B].[H-].[Na+]. The van der Waals surface area contributed by atoms with E-state index in [0.717, 1.165) is 0 Å². The van der Waals surface area contributed by atoms with Gasteiger partial charge in [0.15, 0.2) is 11.3 Å². The Morgan fingerprint density at radius 1 is 0.894 bits per heavy atom. The first-order valence-electron chi connectivity index (χ1n) is 15.2. The van der Waals surface area contributed by atoms with Gasteiger partial charge in [0.05, 0.1) is 44.6 Å². The van der Waals surface area contributed by atoms with Crippen LogP contribution in [0, 0.1) is 11.8 Å². The van der Waals surface area contributed by atoms with Crippen molar-refractivity contribution in [2.24, 2.45) is 11.8 Å². The van der Waals surface area contributed by atoms with Gasteiger partial charge in [-0.15, -0.1) is 0 Å². The van der Waals surface area contributed by atoms with Crippen LogP contribution >= 0.6 is 0 Å². The van der Waals surface area contributed by atoms with Crippen LogP contribution in [0.1, 0.15) is 48.9 Å². The molecule has 1 unspecified atom stereocenters. The van der Waals surface area contributed by atoms with E-state index in [2.05, 4.69) is 10.6 Å². The van der Waals surface area contributed by atoms with E-state index in [4.69, 9.17) is 9.47 Å². The van der Waals surface area contributed by atoms with Crippen LogP contribution in [0.3, 0.4) is 0 Å². The number of carbonyl (C=O) groups is 7. The molecule has 259 valence electrons. The molecule has 0 bridgehead atoms. The van der Waals surface area contributed by atoms with E-state index in [1.807, 2.05) is 27.7 Å². The number of nitrogens with one attached hydrogen (secondary N) is 2. The molecule has 4 amide bonds. The summed E-state index contributed by atoms with van der Waals surface area (Å²) >= 11 is 0. The number of Topliss-reactive ketones (excluding diaryl/α,β-unsaturated/α-hetero) is 1. The monoisotopic (exact) mass is 673 g/mol. The van der Waals surface area contributed by atoms with Gasteiger partial charge in [-0.05, 0) is 32.9 Å². The number of amides is 4. The Kier molecular flexibility index (Phi) is 16.8. The van der Waals surface area contributed by atoms with Crippen molar-refractivity contribution < 1.29 is 74.0 Å². The summed E-state index contributed by atoms with van der Waals surface area (Å²) in [4.78, 5) is 87.9. The minimum absolute atomic E-state index is 0. The minimum Gasteiger partial charge on any atom is -1.00 e. The van der Waals surface area contributed by atoms with Crippen LogP contribution in [-0.2, 0) is 43.0 Å². The number of esters is 2. The van der Waals surface area contributed by atoms with Crippen molar-refractivity contribution in [2.75, 3.05) is 62.0 Å². The van der Waals surface area contributed by atoms with Gasteiger partial charge in [0.1, 0.15) is 11.6 Å². The van der Waals surface area contributed by atoms with Crippen LogP contribution in [0.25, 0.3) is 0 Å². The number of ketones is 1. The van der Waals surface area contributed by atoms with Gasteiger partial charge in [-0.1, -0.05) is 27.7 Å². The molecule has 4 fully saturated rings. The number of likely N-dealkylation sites (N-methyl/N-ethyl adjacent to an activating group) is 6. The maximum absolute atomic E-state index is 12.5. The van der Waals surface area contributed by atoms with Gasteiger partial charge in [0.2, 0.25) is 17.7 Å². The van der Waals surface area contributed by atoms with Crippen molar-refractivity contribution in [3.63, 3.8) is 0 Å². The van der Waals surface area contributed by atoms with E-state index in [-0.39, 0.29) is 131 Å². The van der Waals surface area contributed by atoms with E-state index in [9.17, 15) is 33.6 Å². The van der Waals surface area contributed by atoms with E-state index >= 15 is 0 Å². The molecule has 15 nitrogen and oxygen atoms in total. The summed E-state index contributed by atoms with van der Waals surface area (Å²) in [5.74, 6) is -1.23. The number of fused-ring (bicyclic) bond motifs is 1. The zero-order chi connectivity index (χ0) is 34.6. The Balaban J connectivity index is 0. The molecular weight excluding hydrogens is 622 g/mol. The maximum Gasteiger partial charge on any atom is 1.00 e. The number of piperazine rings is 1. The topological polar surface area (TPSA) is 175 Å². The summed E-state index contributed by atoms with van der Waals surface area (Å²) in [6.45, 7) is 10.2. The Morgan fingerprint density at radius 2 is 1.40 bits per heavy atom. The van der Waals surface area contributed by atoms with Crippen LogP contribution in [0.5, 0.6) is 0 Å². The predicted octanol–water partition coefficient (Wildman–Crippen LogP) is -4.63. The van der Waals surface area contributed by atoms with Crippen molar-refractivity contribution in [1.29, 1.82) is 0 Å². The molecule has 47 heavy (non-hydrogen) atoms. The molecule has 3 radical (unpaired) electrons. The third-order valence-electron chi connectivity index (χ3n) is 8.92. The average molecular weight is 674 g/mol. The van der Waals surface area contributed by atoms with Crippen LogP contribution in [0.2, 0.25) is 0 Å². The van der Waals surface area contributed by atoms with Crippen LogP contribution < -0.4 is 40.2 Å². The van der Waals surface area contributed by atoms with E-state index < -0.39 is 23.1 Å². The zero-order valence-electron chi connectivity index (χ0n) is 31.0. The van der Waals surface area contributed by atoms with Gasteiger partial charge in [-0.2, -0.15) is 0 Å². The molecule has 0 aromatic carbocycles. The van der Waals surface area contributed by atoms with Gasteiger partial charge < -0.3 is 35.8 Å². The Morgan fingerprint density at radius 3 is 1.79 bits per heavy atom. The Labute approximate surface area is 303 Å². The first kappa shape index (κ1) is 44.5. The summed E-state index contributed by atoms with van der Waals surface area (Å²) in [6.07, 6.45) is -0.481. The molecule has 0 saturated carbocycles. The molecule has 4 heterocycles. The fraction of sp³-hybridized carbons (Fsp3) is 0.767. The summed E-state index contributed by atoms with van der Waals surface area (Å²) in [5.41, 5.74) is -2.31. The van der Waals surface area contributed by atoms with E-state index in [0.29, 0.717) is 0 Å².